The van der Waals surface area contributed by atoms with Crippen molar-refractivity contribution in [3.8, 4) is 0 Å². The Morgan fingerprint density at radius 1 is 1.30 bits per heavy atom. The minimum atomic E-state index is -0.0966. The van der Waals surface area contributed by atoms with Crippen LogP contribution in [-0.2, 0) is 0 Å². The molecule has 0 saturated heterocycles. The summed E-state index contributed by atoms with van der Waals surface area (Å²) >= 11 is 6.05. The van der Waals surface area contributed by atoms with Gasteiger partial charge in [-0.05, 0) is 39.1 Å². The number of rotatable bonds is 8. The smallest absolute Gasteiger partial charge is 0.252 e. The van der Waals surface area contributed by atoms with Crippen LogP contribution < -0.4 is 5.32 Å². The van der Waals surface area contributed by atoms with E-state index >= 15 is 0 Å². The summed E-state index contributed by atoms with van der Waals surface area (Å²) in [7, 11) is 2.08. The molecule has 0 fully saturated rings. The van der Waals surface area contributed by atoms with E-state index < -0.39 is 0 Å². The Balaban J connectivity index is 2.34. The quantitative estimate of drug-likeness (QED) is 0.745. The number of aryl methyl sites for hydroxylation is 1. The van der Waals surface area contributed by atoms with Crippen LogP contribution in [0.25, 0.3) is 0 Å². The standard InChI is InChI=1S/C16H25ClN2O/c1-4-5-6-10-19(3)11-9-18-16(20)14-12-13(2)7-8-15(14)17/h7-8,12H,4-6,9-11H2,1-3H3,(H,18,20). The van der Waals surface area contributed by atoms with Crippen LogP contribution in [0, 0.1) is 6.92 Å². The number of benzene rings is 1. The fraction of sp³-hybridized carbons (Fsp3) is 0.562. The maximum atomic E-state index is 12.0. The van der Waals surface area contributed by atoms with Crippen LogP contribution in [0.4, 0.5) is 0 Å². The third-order valence-corrected chi connectivity index (χ3v) is 3.62. The Labute approximate surface area is 127 Å². The number of likely N-dealkylation sites (N-methyl/N-ethyl adjacent to an activating group) is 1. The second kappa shape index (κ2) is 8.98. The number of nitrogens with one attached hydrogen (secondary N) is 1. The highest BCUT2D eigenvalue weighted by atomic mass is 35.5. The first-order valence-corrected chi connectivity index (χ1v) is 7.65. The van der Waals surface area contributed by atoms with E-state index in [4.69, 9.17) is 11.6 Å². The number of hydrogen-bond acceptors (Lipinski definition) is 2. The van der Waals surface area contributed by atoms with Gasteiger partial charge in [0.15, 0.2) is 0 Å². The van der Waals surface area contributed by atoms with Crippen molar-refractivity contribution in [2.45, 2.75) is 33.1 Å². The number of carbonyl (C=O) groups excluding carboxylic acids is 1. The highest BCUT2D eigenvalue weighted by molar-refractivity contribution is 6.33. The van der Waals surface area contributed by atoms with E-state index in [0.717, 1.165) is 18.7 Å². The average molecular weight is 297 g/mol. The van der Waals surface area contributed by atoms with Gasteiger partial charge >= 0.3 is 0 Å². The summed E-state index contributed by atoms with van der Waals surface area (Å²) in [6.07, 6.45) is 3.71. The highest BCUT2D eigenvalue weighted by Crippen LogP contribution is 2.16. The van der Waals surface area contributed by atoms with E-state index in [0.29, 0.717) is 17.1 Å². The molecule has 0 aliphatic carbocycles. The van der Waals surface area contributed by atoms with Crippen LogP contribution in [0.1, 0.15) is 42.1 Å². The lowest BCUT2D eigenvalue weighted by Crippen LogP contribution is -2.33. The van der Waals surface area contributed by atoms with Gasteiger partial charge in [-0.15, -0.1) is 0 Å². The first-order chi connectivity index (χ1) is 9.54. The molecule has 0 aliphatic rings. The molecule has 1 aromatic carbocycles. The van der Waals surface area contributed by atoms with E-state index in [2.05, 4.69) is 24.2 Å². The van der Waals surface area contributed by atoms with Crippen molar-refractivity contribution in [1.29, 1.82) is 0 Å². The SMILES string of the molecule is CCCCCN(C)CCNC(=O)c1cc(C)ccc1Cl. The minimum Gasteiger partial charge on any atom is -0.351 e. The van der Waals surface area contributed by atoms with Crippen molar-refractivity contribution in [1.82, 2.24) is 10.2 Å². The summed E-state index contributed by atoms with van der Waals surface area (Å²) in [4.78, 5) is 14.3. The lowest BCUT2D eigenvalue weighted by atomic mass is 10.1. The van der Waals surface area contributed by atoms with Crippen molar-refractivity contribution in [2.75, 3.05) is 26.7 Å². The van der Waals surface area contributed by atoms with Gasteiger partial charge in [0.1, 0.15) is 0 Å². The average Bonchev–Trinajstić information content (AvgIpc) is 2.41. The third kappa shape index (κ3) is 5.93. The molecule has 1 N–H and O–H groups in total. The molecule has 0 radical (unpaired) electrons. The van der Waals surface area contributed by atoms with Crippen LogP contribution in [0.5, 0.6) is 0 Å². The zero-order chi connectivity index (χ0) is 15.0. The summed E-state index contributed by atoms with van der Waals surface area (Å²) in [6.45, 7) is 6.74. The maximum absolute atomic E-state index is 12.0. The van der Waals surface area contributed by atoms with Gasteiger partial charge in [-0.2, -0.15) is 0 Å². The Morgan fingerprint density at radius 3 is 2.75 bits per heavy atom. The lowest BCUT2D eigenvalue weighted by Gasteiger charge is -2.16. The molecule has 4 heteroatoms. The largest absolute Gasteiger partial charge is 0.351 e. The Bertz CT molecular complexity index is 434. The molecule has 0 unspecified atom stereocenters. The van der Waals surface area contributed by atoms with Crippen molar-refractivity contribution < 1.29 is 4.79 Å². The fourth-order valence-corrected chi connectivity index (χ4v) is 2.22. The third-order valence-electron chi connectivity index (χ3n) is 3.29. The number of nitrogens with zero attached hydrogens (tertiary/aromatic N) is 1. The summed E-state index contributed by atoms with van der Waals surface area (Å²) in [6, 6.07) is 5.49. The second-order valence-electron chi connectivity index (χ2n) is 5.25. The van der Waals surface area contributed by atoms with E-state index in [9.17, 15) is 4.79 Å². The maximum Gasteiger partial charge on any atom is 0.252 e. The van der Waals surface area contributed by atoms with Crippen molar-refractivity contribution >= 4 is 17.5 Å². The number of unbranched alkanes of at least 4 members (excludes halogenated alkanes) is 2. The van der Waals surface area contributed by atoms with Gasteiger partial charge < -0.3 is 10.2 Å². The molecule has 1 aromatic rings. The molecule has 112 valence electrons. The zero-order valence-electron chi connectivity index (χ0n) is 12.7. The molecule has 0 heterocycles. The molecule has 20 heavy (non-hydrogen) atoms. The second-order valence-corrected chi connectivity index (χ2v) is 5.66. The molecule has 0 atom stereocenters. The minimum absolute atomic E-state index is 0.0966. The van der Waals surface area contributed by atoms with Gasteiger partial charge in [0, 0.05) is 13.1 Å². The number of carbonyl (C=O) groups is 1. The van der Waals surface area contributed by atoms with Crippen molar-refractivity contribution in [3.05, 3.63) is 34.3 Å². The molecular formula is C16H25ClN2O. The molecule has 3 nitrogen and oxygen atoms in total. The van der Waals surface area contributed by atoms with E-state index in [1.807, 2.05) is 19.1 Å². The van der Waals surface area contributed by atoms with Crippen LogP contribution in [-0.4, -0.2) is 37.5 Å². The normalized spacial score (nSPS) is 10.8. The molecule has 1 amide bonds. The Kier molecular flexibility index (Phi) is 7.63. The van der Waals surface area contributed by atoms with Crippen LogP contribution in [0.15, 0.2) is 18.2 Å². The van der Waals surface area contributed by atoms with Gasteiger partial charge in [-0.25, -0.2) is 0 Å². The monoisotopic (exact) mass is 296 g/mol. The molecule has 0 saturated carbocycles. The summed E-state index contributed by atoms with van der Waals surface area (Å²) < 4.78 is 0. The number of hydrogen-bond donors (Lipinski definition) is 1. The fourth-order valence-electron chi connectivity index (χ4n) is 2.01. The van der Waals surface area contributed by atoms with Gasteiger partial charge in [0.25, 0.3) is 5.91 Å². The Morgan fingerprint density at radius 2 is 2.05 bits per heavy atom. The first-order valence-electron chi connectivity index (χ1n) is 7.27. The van der Waals surface area contributed by atoms with Gasteiger partial charge in [0.05, 0.1) is 10.6 Å². The van der Waals surface area contributed by atoms with E-state index in [1.165, 1.54) is 19.3 Å². The number of halogens is 1. The molecule has 0 aromatic heterocycles. The Hall–Kier alpha value is -1.06. The first kappa shape index (κ1) is 17.0. The molecule has 1 rings (SSSR count). The van der Waals surface area contributed by atoms with Crippen LogP contribution in [0.3, 0.4) is 0 Å². The molecular weight excluding hydrogens is 272 g/mol. The van der Waals surface area contributed by atoms with Gasteiger partial charge in [0.2, 0.25) is 0 Å². The van der Waals surface area contributed by atoms with E-state index in [-0.39, 0.29) is 5.91 Å². The van der Waals surface area contributed by atoms with Crippen LogP contribution >= 0.6 is 11.6 Å². The zero-order valence-corrected chi connectivity index (χ0v) is 13.5. The van der Waals surface area contributed by atoms with Crippen molar-refractivity contribution in [3.63, 3.8) is 0 Å². The molecule has 0 spiro atoms. The van der Waals surface area contributed by atoms with Gasteiger partial charge in [-0.3, -0.25) is 4.79 Å². The summed E-state index contributed by atoms with van der Waals surface area (Å²) in [5, 5.41) is 3.43. The topological polar surface area (TPSA) is 32.3 Å². The van der Waals surface area contributed by atoms with E-state index in [1.54, 1.807) is 6.07 Å². The predicted octanol–water partition coefficient (Wildman–Crippen LogP) is 3.50. The molecule has 0 aliphatic heterocycles. The predicted molar refractivity (Wildman–Crippen MR) is 85.5 cm³/mol. The number of amides is 1. The van der Waals surface area contributed by atoms with Gasteiger partial charge in [-0.1, -0.05) is 43.0 Å². The summed E-state index contributed by atoms with van der Waals surface area (Å²) in [5.41, 5.74) is 1.59. The van der Waals surface area contributed by atoms with Crippen LogP contribution in [0.2, 0.25) is 5.02 Å². The van der Waals surface area contributed by atoms with Crippen molar-refractivity contribution in [2.24, 2.45) is 0 Å². The molecule has 0 bridgehead atoms. The summed E-state index contributed by atoms with van der Waals surface area (Å²) in [5.74, 6) is -0.0966. The lowest BCUT2D eigenvalue weighted by molar-refractivity contribution is 0.0950. The highest BCUT2D eigenvalue weighted by Gasteiger charge is 2.10.